The second-order valence-corrected chi connectivity index (χ2v) is 6.27. The fourth-order valence-corrected chi connectivity index (χ4v) is 2.74. The molecule has 0 atom stereocenters. The van der Waals surface area contributed by atoms with Crippen LogP contribution in [0, 0.1) is 0 Å². The van der Waals surface area contributed by atoms with E-state index in [4.69, 9.17) is 0 Å². The second kappa shape index (κ2) is 8.96. The minimum absolute atomic E-state index is 0.0675. The van der Waals surface area contributed by atoms with Crippen LogP contribution in [0.1, 0.15) is 56.3 Å². The van der Waals surface area contributed by atoms with Crippen molar-refractivity contribution < 1.29 is 14.4 Å². The SMILES string of the molecule is CC(=O)Nc1ccc(C(=O)N/N=C(\C)CC(=O)NC2CCCC2)cc1. The first kappa shape index (κ1) is 18.6. The Balaban J connectivity index is 1.81. The summed E-state index contributed by atoms with van der Waals surface area (Å²) in [5, 5.41) is 9.59. The van der Waals surface area contributed by atoms with E-state index in [2.05, 4.69) is 21.2 Å². The Morgan fingerprint density at radius 2 is 1.72 bits per heavy atom. The molecule has 0 spiro atoms. The van der Waals surface area contributed by atoms with Gasteiger partial charge in [0.05, 0.1) is 6.42 Å². The Hall–Kier alpha value is -2.70. The highest BCUT2D eigenvalue weighted by Gasteiger charge is 2.17. The van der Waals surface area contributed by atoms with Gasteiger partial charge in [-0.05, 0) is 44.0 Å². The van der Waals surface area contributed by atoms with Gasteiger partial charge in [-0.2, -0.15) is 5.10 Å². The average molecular weight is 344 g/mol. The molecule has 134 valence electrons. The van der Waals surface area contributed by atoms with Crippen LogP contribution >= 0.6 is 0 Å². The number of carbonyl (C=O) groups is 3. The average Bonchev–Trinajstić information content (AvgIpc) is 3.05. The number of benzene rings is 1. The van der Waals surface area contributed by atoms with Crippen LogP contribution in [0.15, 0.2) is 29.4 Å². The molecule has 0 unspecified atom stereocenters. The zero-order chi connectivity index (χ0) is 18.2. The normalized spacial score (nSPS) is 14.9. The maximum atomic E-state index is 12.0. The van der Waals surface area contributed by atoms with Crippen LogP contribution in [0.2, 0.25) is 0 Å². The Labute approximate surface area is 147 Å². The lowest BCUT2D eigenvalue weighted by Crippen LogP contribution is -2.33. The maximum absolute atomic E-state index is 12.0. The molecule has 0 aromatic heterocycles. The topological polar surface area (TPSA) is 99.7 Å². The third-order valence-electron chi connectivity index (χ3n) is 3.95. The summed E-state index contributed by atoms with van der Waals surface area (Å²) in [4.78, 5) is 34.9. The first-order valence-electron chi connectivity index (χ1n) is 8.44. The Kier molecular flexibility index (Phi) is 6.68. The predicted octanol–water partition coefficient (Wildman–Crippen LogP) is 2.20. The number of hydrazone groups is 1. The van der Waals surface area contributed by atoms with Gasteiger partial charge in [-0.15, -0.1) is 0 Å². The van der Waals surface area contributed by atoms with Gasteiger partial charge in [0.25, 0.3) is 5.91 Å². The van der Waals surface area contributed by atoms with Gasteiger partial charge in [-0.1, -0.05) is 12.8 Å². The number of rotatable bonds is 6. The summed E-state index contributed by atoms with van der Waals surface area (Å²) < 4.78 is 0. The van der Waals surface area contributed by atoms with Gasteiger partial charge in [0.2, 0.25) is 11.8 Å². The number of hydrogen-bond donors (Lipinski definition) is 3. The van der Waals surface area contributed by atoms with E-state index in [1.165, 1.54) is 6.92 Å². The number of nitrogens with zero attached hydrogens (tertiary/aromatic N) is 1. The summed E-state index contributed by atoms with van der Waals surface area (Å²) in [6.07, 6.45) is 4.56. The molecule has 7 heteroatoms. The molecule has 7 nitrogen and oxygen atoms in total. The molecule has 0 radical (unpaired) electrons. The van der Waals surface area contributed by atoms with Crippen molar-refractivity contribution in [2.24, 2.45) is 5.10 Å². The number of nitrogens with one attached hydrogen (secondary N) is 3. The Morgan fingerprint density at radius 3 is 2.32 bits per heavy atom. The summed E-state index contributed by atoms with van der Waals surface area (Å²) in [6.45, 7) is 3.12. The van der Waals surface area contributed by atoms with Gasteiger partial charge in [-0.3, -0.25) is 14.4 Å². The number of hydrogen-bond acceptors (Lipinski definition) is 4. The lowest BCUT2D eigenvalue weighted by atomic mass is 10.2. The second-order valence-electron chi connectivity index (χ2n) is 6.27. The van der Waals surface area contributed by atoms with Crippen molar-refractivity contribution in [2.75, 3.05) is 5.32 Å². The van der Waals surface area contributed by atoms with Crippen LogP contribution in [0.25, 0.3) is 0 Å². The zero-order valence-electron chi connectivity index (χ0n) is 14.6. The van der Waals surface area contributed by atoms with Crippen LogP contribution in [-0.4, -0.2) is 29.5 Å². The molecular weight excluding hydrogens is 320 g/mol. The first-order chi connectivity index (χ1) is 11.9. The molecule has 25 heavy (non-hydrogen) atoms. The summed E-state index contributed by atoms with van der Waals surface area (Å²) >= 11 is 0. The molecule has 1 fully saturated rings. The van der Waals surface area contributed by atoms with Gasteiger partial charge in [0, 0.05) is 29.9 Å². The number of anilines is 1. The molecule has 1 aromatic carbocycles. The molecule has 1 aliphatic rings. The molecule has 0 aliphatic heterocycles. The number of carbonyl (C=O) groups excluding carboxylic acids is 3. The number of amides is 3. The molecule has 2 rings (SSSR count). The minimum atomic E-state index is -0.370. The summed E-state index contributed by atoms with van der Waals surface area (Å²) in [6, 6.07) is 6.75. The lowest BCUT2D eigenvalue weighted by Gasteiger charge is -2.11. The van der Waals surface area contributed by atoms with Crippen molar-refractivity contribution in [1.29, 1.82) is 0 Å². The van der Waals surface area contributed by atoms with Crippen LogP contribution in [0.3, 0.4) is 0 Å². The Morgan fingerprint density at radius 1 is 1.08 bits per heavy atom. The van der Waals surface area contributed by atoms with E-state index in [1.807, 2.05) is 0 Å². The third kappa shape index (κ3) is 6.37. The van der Waals surface area contributed by atoms with Gasteiger partial charge in [0.1, 0.15) is 0 Å². The van der Waals surface area contributed by atoms with Crippen LogP contribution in [0.5, 0.6) is 0 Å². The van der Waals surface area contributed by atoms with Crippen LogP contribution < -0.4 is 16.1 Å². The van der Waals surface area contributed by atoms with Crippen molar-refractivity contribution in [1.82, 2.24) is 10.7 Å². The fraction of sp³-hybridized carbons (Fsp3) is 0.444. The highest BCUT2D eigenvalue weighted by molar-refractivity contribution is 6.01. The maximum Gasteiger partial charge on any atom is 0.271 e. The quantitative estimate of drug-likeness (QED) is 0.545. The molecule has 0 bridgehead atoms. The summed E-state index contributed by atoms with van der Waals surface area (Å²) in [5.41, 5.74) is 4.02. The van der Waals surface area contributed by atoms with Crippen LogP contribution in [0.4, 0.5) is 5.69 Å². The van der Waals surface area contributed by atoms with Crippen molar-refractivity contribution >= 4 is 29.1 Å². The van der Waals surface area contributed by atoms with E-state index < -0.39 is 0 Å². The largest absolute Gasteiger partial charge is 0.353 e. The van der Waals surface area contributed by atoms with E-state index in [-0.39, 0.29) is 30.2 Å². The zero-order valence-corrected chi connectivity index (χ0v) is 14.6. The molecular formula is C18H24N4O3. The standard InChI is InChI=1S/C18H24N4O3/c1-12(11-17(24)20-15-5-3-4-6-15)21-22-18(25)14-7-9-16(10-8-14)19-13(2)23/h7-10,15H,3-6,11H2,1-2H3,(H,19,23)(H,20,24)(H,22,25)/b21-12+. The van der Waals surface area contributed by atoms with E-state index in [1.54, 1.807) is 31.2 Å². The predicted molar refractivity (Wildman–Crippen MR) is 96.3 cm³/mol. The van der Waals surface area contributed by atoms with E-state index in [0.29, 0.717) is 17.0 Å². The molecule has 1 aliphatic carbocycles. The first-order valence-corrected chi connectivity index (χ1v) is 8.44. The molecule has 1 aromatic rings. The van der Waals surface area contributed by atoms with Gasteiger partial charge < -0.3 is 10.6 Å². The van der Waals surface area contributed by atoms with E-state index >= 15 is 0 Å². The highest BCUT2D eigenvalue weighted by Crippen LogP contribution is 2.17. The smallest absolute Gasteiger partial charge is 0.271 e. The minimum Gasteiger partial charge on any atom is -0.353 e. The van der Waals surface area contributed by atoms with Gasteiger partial charge in [-0.25, -0.2) is 5.43 Å². The molecule has 3 amide bonds. The monoisotopic (exact) mass is 344 g/mol. The van der Waals surface area contributed by atoms with Crippen molar-refractivity contribution in [3.63, 3.8) is 0 Å². The van der Waals surface area contributed by atoms with E-state index in [0.717, 1.165) is 25.7 Å². The van der Waals surface area contributed by atoms with E-state index in [9.17, 15) is 14.4 Å². The lowest BCUT2D eigenvalue weighted by molar-refractivity contribution is -0.120. The molecule has 0 saturated heterocycles. The van der Waals surface area contributed by atoms with Gasteiger partial charge >= 0.3 is 0 Å². The summed E-state index contributed by atoms with van der Waals surface area (Å²) in [5.74, 6) is -0.611. The highest BCUT2D eigenvalue weighted by atomic mass is 16.2. The Bertz CT molecular complexity index is 661. The summed E-state index contributed by atoms with van der Waals surface area (Å²) in [7, 11) is 0. The van der Waals surface area contributed by atoms with Gasteiger partial charge in [0.15, 0.2) is 0 Å². The van der Waals surface area contributed by atoms with Crippen molar-refractivity contribution in [3.8, 4) is 0 Å². The van der Waals surface area contributed by atoms with Crippen molar-refractivity contribution in [2.45, 2.75) is 52.0 Å². The molecule has 1 saturated carbocycles. The fourth-order valence-electron chi connectivity index (χ4n) is 2.74. The molecule has 0 heterocycles. The molecule has 3 N–H and O–H groups in total. The van der Waals surface area contributed by atoms with Crippen LogP contribution in [-0.2, 0) is 9.59 Å². The third-order valence-corrected chi connectivity index (χ3v) is 3.95. The van der Waals surface area contributed by atoms with Crippen molar-refractivity contribution in [3.05, 3.63) is 29.8 Å².